The molecule has 0 aliphatic carbocycles. The number of aromatic nitrogens is 1. The van der Waals surface area contributed by atoms with Gasteiger partial charge in [-0.25, -0.2) is 8.42 Å². The molecule has 1 amide bonds. The van der Waals surface area contributed by atoms with Crippen LogP contribution in [0.5, 0.6) is 0 Å². The summed E-state index contributed by atoms with van der Waals surface area (Å²) in [4.78, 5) is 16.4. The van der Waals surface area contributed by atoms with Crippen molar-refractivity contribution in [2.45, 2.75) is 24.3 Å². The highest BCUT2D eigenvalue weighted by Gasteiger charge is 2.23. The quantitative estimate of drug-likeness (QED) is 0.935. The van der Waals surface area contributed by atoms with Crippen molar-refractivity contribution in [3.8, 4) is 0 Å². The molecular formula is C16H16N2O3S. The molecule has 0 fully saturated rings. The van der Waals surface area contributed by atoms with Gasteiger partial charge in [0.2, 0.25) is 0 Å². The van der Waals surface area contributed by atoms with Gasteiger partial charge in [0, 0.05) is 12.7 Å². The van der Waals surface area contributed by atoms with E-state index >= 15 is 0 Å². The van der Waals surface area contributed by atoms with E-state index in [4.69, 9.17) is 0 Å². The average Bonchev–Trinajstić information content (AvgIpc) is 2.53. The van der Waals surface area contributed by atoms with E-state index in [9.17, 15) is 13.2 Å². The number of benzene rings is 1. The van der Waals surface area contributed by atoms with Crippen LogP contribution in [-0.4, -0.2) is 25.1 Å². The van der Waals surface area contributed by atoms with Gasteiger partial charge in [-0.05, 0) is 42.2 Å². The van der Waals surface area contributed by atoms with Gasteiger partial charge < -0.3 is 5.32 Å². The largest absolute Gasteiger partial charge is 0.347 e. The molecule has 5 nitrogen and oxygen atoms in total. The molecule has 0 radical (unpaired) electrons. The maximum atomic E-state index is 12.0. The molecule has 114 valence electrons. The monoisotopic (exact) mass is 316 g/mol. The van der Waals surface area contributed by atoms with Crippen LogP contribution in [0.3, 0.4) is 0 Å². The molecule has 1 aliphatic heterocycles. The van der Waals surface area contributed by atoms with E-state index in [0.717, 1.165) is 17.5 Å². The van der Waals surface area contributed by atoms with Gasteiger partial charge >= 0.3 is 0 Å². The summed E-state index contributed by atoms with van der Waals surface area (Å²) in [6.45, 7) is 0.350. The Labute approximate surface area is 129 Å². The van der Waals surface area contributed by atoms with Gasteiger partial charge in [-0.3, -0.25) is 9.78 Å². The number of nitrogens with one attached hydrogen (secondary N) is 1. The summed E-state index contributed by atoms with van der Waals surface area (Å²) < 4.78 is 23.9. The number of fused-ring (bicyclic) bond motifs is 1. The van der Waals surface area contributed by atoms with Gasteiger partial charge in [-0.15, -0.1) is 0 Å². The first-order valence-electron chi connectivity index (χ1n) is 7.10. The lowest BCUT2D eigenvalue weighted by Crippen LogP contribution is -2.24. The van der Waals surface area contributed by atoms with Crippen LogP contribution >= 0.6 is 0 Å². The van der Waals surface area contributed by atoms with Gasteiger partial charge in [-0.1, -0.05) is 18.2 Å². The first-order valence-corrected chi connectivity index (χ1v) is 8.75. The number of aryl methyl sites for hydroxylation is 1. The molecule has 0 atom stereocenters. The highest BCUT2D eigenvalue weighted by atomic mass is 32.2. The van der Waals surface area contributed by atoms with Crippen molar-refractivity contribution in [1.82, 2.24) is 10.3 Å². The summed E-state index contributed by atoms with van der Waals surface area (Å²) in [5, 5.41) is 2.79. The molecule has 0 saturated heterocycles. The van der Waals surface area contributed by atoms with E-state index in [-0.39, 0.29) is 11.7 Å². The van der Waals surface area contributed by atoms with E-state index in [1.165, 1.54) is 0 Å². The molecule has 1 aromatic carbocycles. The Morgan fingerprint density at radius 1 is 1.23 bits per heavy atom. The van der Waals surface area contributed by atoms with Gasteiger partial charge in [0.05, 0.1) is 10.6 Å². The Morgan fingerprint density at radius 2 is 2.09 bits per heavy atom. The highest BCUT2D eigenvalue weighted by Crippen LogP contribution is 2.25. The Hall–Kier alpha value is -2.21. The number of carbonyl (C=O) groups excluding carboxylic acids is 1. The zero-order valence-electron chi connectivity index (χ0n) is 12.0. The predicted molar refractivity (Wildman–Crippen MR) is 82.2 cm³/mol. The van der Waals surface area contributed by atoms with Crippen molar-refractivity contribution in [2.24, 2.45) is 0 Å². The molecule has 0 saturated carbocycles. The zero-order valence-corrected chi connectivity index (χ0v) is 12.8. The predicted octanol–water partition coefficient (Wildman–Crippen LogP) is 1.73. The van der Waals surface area contributed by atoms with Crippen molar-refractivity contribution in [1.29, 1.82) is 0 Å². The Kier molecular flexibility index (Phi) is 3.94. The van der Waals surface area contributed by atoms with E-state index in [1.807, 2.05) is 6.07 Å². The summed E-state index contributed by atoms with van der Waals surface area (Å²) in [5.41, 5.74) is 2.10. The standard InChI is InChI=1S/C16H16N2O3S/c19-16(14-5-1-2-8-17-14)18-11-12-6-7-15-13(10-12)4-3-9-22(15,20)21/h1-2,5-8,10H,3-4,9,11H2,(H,18,19). The van der Waals surface area contributed by atoms with Crippen molar-refractivity contribution in [3.05, 3.63) is 59.4 Å². The van der Waals surface area contributed by atoms with Crippen molar-refractivity contribution in [3.63, 3.8) is 0 Å². The second-order valence-electron chi connectivity index (χ2n) is 5.26. The van der Waals surface area contributed by atoms with Crippen LogP contribution in [0.15, 0.2) is 47.5 Å². The van der Waals surface area contributed by atoms with Crippen LogP contribution < -0.4 is 5.32 Å². The minimum atomic E-state index is -3.13. The van der Waals surface area contributed by atoms with Crippen LogP contribution in [0.25, 0.3) is 0 Å². The third-order valence-corrected chi connectivity index (χ3v) is 5.56. The SMILES string of the molecule is O=C(NCc1ccc2c(c1)CCCS2(=O)=O)c1ccccn1. The highest BCUT2D eigenvalue weighted by molar-refractivity contribution is 7.91. The zero-order chi connectivity index (χ0) is 15.6. The molecule has 0 unspecified atom stereocenters. The Balaban J connectivity index is 1.73. The second-order valence-corrected chi connectivity index (χ2v) is 7.34. The molecule has 3 rings (SSSR count). The number of carbonyl (C=O) groups is 1. The molecule has 6 heteroatoms. The molecule has 0 spiro atoms. The number of nitrogens with zero attached hydrogens (tertiary/aromatic N) is 1. The van der Waals surface area contributed by atoms with E-state index < -0.39 is 9.84 Å². The third kappa shape index (κ3) is 3.01. The summed E-state index contributed by atoms with van der Waals surface area (Å²) >= 11 is 0. The maximum absolute atomic E-state index is 12.0. The van der Waals surface area contributed by atoms with E-state index in [0.29, 0.717) is 23.6 Å². The lowest BCUT2D eigenvalue weighted by molar-refractivity contribution is 0.0946. The first-order chi connectivity index (χ1) is 10.6. The van der Waals surface area contributed by atoms with Crippen molar-refractivity contribution in [2.75, 3.05) is 5.75 Å². The topological polar surface area (TPSA) is 76.1 Å². The van der Waals surface area contributed by atoms with E-state index in [1.54, 1.807) is 36.5 Å². The lowest BCUT2D eigenvalue weighted by Gasteiger charge is -2.17. The fraction of sp³-hybridized carbons (Fsp3) is 0.250. The van der Waals surface area contributed by atoms with Crippen LogP contribution in [0.2, 0.25) is 0 Å². The summed E-state index contributed by atoms with van der Waals surface area (Å²) in [6, 6.07) is 10.4. The fourth-order valence-corrected chi connectivity index (χ4v) is 4.15. The molecule has 22 heavy (non-hydrogen) atoms. The molecule has 1 aromatic heterocycles. The number of hydrogen-bond donors (Lipinski definition) is 1. The number of rotatable bonds is 3. The Morgan fingerprint density at radius 3 is 2.86 bits per heavy atom. The molecule has 2 heterocycles. The van der Waals surface area contributed by atoms with Crippen molar-refractivity contribution >= 4 is 15.7 Å². The van der Waals surface area contributed by atoms with Crippen LogP contribution in [0, 0.1) is 0 Å². The summed E-state index contributed by atoms with van der Waals surface area (Å²) in [7, 11) is -3.13. The van der Waals surface area contributed by atoms with Gasteiger partial charge in [0.25, 0.3) is 5.91 Å². The second kappa shape index (κ2) is 5.88. The van der Waals surface area contributed by atoms with Gasteiger partial charge in [0.15, 0.2) is 9.84 Å². The number of hydrogen-bond acceptors (Lipinski definition) is 4. The van der Waals surface area contributed by atoms with Crippen LogP contribution in [-0.2, 0) is 22.8 Å². The Bertz CT molecular complexity index is 801. The van der Waals surface area contributed by atoms with Crippen LogP contribution in [0.1, 0.15) is 28.0 Å². The fourth-order valence-electron chi connectivity index (χ4n) is 2.57. The van der Waals surface area contributed by atoms with Crippen LogP contribution in [0.4, 0.5) is 0 Å². The smallest absolute Gasteiger partial charge is 0.270 e. The summed E-state index contributed by atoms with van der Waals surface area (Å²) in [5.74, 6) is -0.0265. The van der Waals surface area contributed by atoms with Gasteiger partial charge in [-0.2, -0.15) is 0 Å². The minimum absolute atomic E-state index is 0.218. The first kappa shape index (κ1) is 14.7. The average molecular weight is 316 g/mol. The number of sulfone groups is 1. The normalized spacial score (nSPS) is 15.8. The van der Waals surface area contributed by atoms with Gasteiger partial charge in [0.1, 0.15) is 5.69 Å². The molecule has 1 N–H and O–H groups in total. The molecule has 2 aromatic rings. The number of amides is 1. The van der Waals surface area contributed by atoms with Crippen molar-refractivity contribution < 1.29 is 13.2 Å². The molecule has 0 bridgehead atoms. The summed E-state index contributed by atoms with van der Waals surface area (Å²) in [6.07, 6.45) is 2.98. The maximum Gasteiger partial charge on any atom is 0.270 e. The third-order valence-electron chi connectivity index (χ3n) is 3.67. The number of pyridine rings is 1. The molecular weight excluding hydrogens is 300 g/mol. The molecule has 1 aliphatic rings. The lowest BCUT2D eigenvalue weighted by atomic mass is 10.1. The minimum Gasteiger partial charge on any atom is -0.347 e. The van der Waals surface area contributed by atoms with E-state index in [2.05, 4.69) is 10.3 Å².